The normalized spacial score (nSPS) is 20.1. The fraction of sp³-hybridized carbons (Fsp3) is 0.474. The third-order valence-electron chi connectivity index (χ3n) is 5.42. The number of nitrogens with zero attached hydrogens (tertiary/aromatic N) is 2. The molecule has 1 amide bonds. The van der Waals surface area contributed by atoms with Crippen LogP contribution < -0.4 is 9.47 Å². The number of aromatic nitrogens is 1. The summed E-state index contributed by atoms with van der Waals surface area (Å²) >= 11 is 0. The number of likely N-dealkylation sites (tertiary alicyclic amines) is 1. The zero-order valence-corrected chi connectivity index (χ0v) is 15.0. The monoisotopic (exact) mass is 372 g/mol. The lowest BCUT2D eigenvalue weighted by Gasteiger charge is -2.37. The molecule has 8 heteroatoms. The quantitative estimate of drug-likeness (QED) is 0.799. The van der Waals surface area contributed by atoms with Crippen LogP contribution in [0.25, 0.3) is 11.3 Å². The molecule has 0 aliphatic carbocycles. The average molecular weight is 372 g/mol. The van der Waals surface area contributed by atoms with Gasteiger partial charge in [0.1, 0.15) is 18.1 Å². The predicted octanol–water partition coefficient (Wildman–Crippen LogP) is 2.22. The van der Waals surface area contributed by atoms with E-state index in [0.29, 0.717) is 67.7 Å². The molecule has 1 aromatic heterocycles. The van der Waals surface area contributed by atoms with Crippen LogP contribution >= 0.6 is 0 Å². The highest BCUT2D eigenvalue weighted by Crippen LogP contribution is 2.41. The number of hydrogen-bond donors (Lipinski definition) is 0. The number of methoxy groups -OCH3 is 1. The van der Waals surface area contributed by atoms with E-state index >= 15 is 0 Å². The Morgan fingerprint density at radius 1 is 1.22 bits per heavy atom. The molecule has 2 aromatic rings. The summed E-state index contributed by atoms with van der Waals surface area (Å²) in [5.74, 6) is 1.28. The lowest BCUT2D eigenvalue weighted by molar-refractivity contribution is -0.181. The van der Waals surface area contributed by atoms with Gasteiger partial charge in [-0.25, -0.2) is 0 Å². The van der Waals surface area contributed by atoms with Crippen LogP contribution in [0.5, 0.6) is 11.5 Å². The van der Waals surface area contributed by atoms with Crippen molar-refractivity contribution >= 4 is 5.91 Å². The van der Waals surface area contributed by atoms with E-state index in [0.717, 1.165) is 5.56 Å². The Morgan fingerprint density at radius 3 is 2.74 bits per heavy atom. The first-order valence-corrected chi connectivity index (χ1v) is 9.06. The summed E-state index contributed by atoms with van der Waals surface area (Å²) < 4.78 is 28.0. The van der Waals surface area contributed by atoms with Gasteiger partial charge in [-0.1, -0.05) is 5.16 Å². The number of carbonyl (C=O) groups excluding carboxylic acids is 1. The molecule has 0 unspecified atom stereocenters. The Hall–Kier alpha value is -2.58. The van der Waals surface area contributed by atoms with Crippen LogP contribution in [0.3, 0.4) is 0 Å². The van der Waals surface area contributed by atoms with E-state index in [1.54, 1.807) is 18.1 Å². The van der Waals surface area contributed by atoms with Gasteiger partial charge in [0.05, 0.1) is 31.5 Å². The molecular weight excluding hydrogens is 352 g/mol. The van der Waals surface area contributed by atoms with Crippen molar-refractivity contribution in [3.8, 4) is 22.8 Å². The summed E-state index contributed by atoms with van der Waals surface area (Å²) in [6, 6.07) is 5.48. The van der Waals surface area contributed by atoms with Crippen LogP contribution in [0.15, 0.2) is 22.7 Å². The van der Waals surface area contributed by atoms with E-state index in [1.165, 1.54) is 0 Å². The van der Waals surface area contributed by atoms with Crippen LogP contribution in [-0.2, 0) is 16.1 Å². The number of piperidine rings is 1. The van der Waals surface area contributed by atoms with Gasteiger partial charge in [-0.3, -0.25) is 4.79 Å². The summed E-state index contributed by atoms with van der Waals surface area (Å²) in [6.07, 6.45) is 1.33. The Bertz CT molecular complexity index is 876. The van der Waals surface area contributed by atoms with E-state index in [9.17, 15) is 4.79 Å². The highest BCUT2D eigenvalue weighted by Gasteiger charge is 2.42. The van der Waals surface area contributed by atoms with Crippen molar-refractivity contribution in [3.63, 3.8) is 0 Å². The van der Waals surface area contributed by atoms with Crippen molar-refractivity contribution in [3.05, 3.63) is 29.5 Å². The summed E-state index contributed by atoms with van der Waals surface area (Å²) in [6.45, 7) is 2.60. The molecule has 0 radical (unpaired) electrons. The topological polar surface area (TPSA) is 83.3 Å². The zero-order valence-electron chi connectivity index (χ0n) is 15.0. The van der Waals surface area contributed by atoms with Gasteiger partial charge in [0, 0.05) is 32.0 Å². The number of hydrogen-bond acceptors (Lipinski definition) is 7. The Balaban J connectivity index is 1.38. The first kappa shape index (κ1) is 16.6. The molecule has 0 N–H and O–H groups in total. The Labute approximate surface area is 155 Å². The van der Waals surface area contributed by atoms with Crippen molar-refractivity contribution in [2.75, 3.05) is 33.4 Å². The van der Waals surface area contributed by atoms with E-state index in [2.05, 4.69) is 5.16 Å². The molecule has 2 fully saturated rings. The molecule has 5 rings (SSSR count). The second-order valence-electron chi connectivity index (χ2n) is 6.89. The Morgan fingerprint density at radius 2 is 2.00 bits per heavy atom. The molecular formula is C19H20N2O6. The highest BCUT2D eigenvalue weighted by molar-refractivity contribution is 5.95. The Kier molecular flexibility index (Phi) is 3.84. The molecule has 2 saturated heterocycles. The lowest BCUT2D eigenvalue weighted by Crippen LogP contribution is -2.47. The standard InChI is InChI=1S/C19H20N2O6/c1-23-12-2-3-13-15(10-12)24-11-14-16(20-27-17(13)14)18(22)21-6-4-19(5-7-21)25-8-9-26-19/h2-3,10H,4-9,11H2,1H3. The number of ether oxygens (including phenoxy) is 4. The fourth-order valence-corrected chi connectivity index (χ4v) is 3.90. The van der Waals surface area contributed by atoms with Gasteiger partial charge in [0.2, 0.25) is 0 Å². The molecule has 1 spiro atoms. The third-order valence-corrected chi connectivity index (χ3v) is 5.42. The van der Waals surface area contributed by atoms with Crippen LogP contribution in [0, 0.1) is 0 Å². The summed E-state index contributed by atoms with van der Waals surface area (Å²) in [4.78, 5) is 14.8. The lowest BCUT2D eigenvalue weighted by atomic mass is 10.0. The van der Waals surface area contributed by atoms with E-state index in [4.69, 9.17) is 23.5 Å². The first-order valence-electron chi connectivity index (χ1n) is 9.06. The summed E-state index contributed by atoms with van der Waals surface area (Å²) in [5.41, 5.74) is 1.77. The molecule has 8 nitrogen and oxygen atoms in total. The van der Waals surface area contributed by atoms with Gasteiger partial charge in [0.15, 0.2) is 17.2 Å². The number of carbonyl (C=O) groups is 1. The van der Waals surface area contributed by atoms with E-state index < -0.39 is 5.79 Å². The third kappa shape index (κ3) is 2.67. The van der Waals surface area contributed by atoms with Crippen LogP contribution in [0.1, 0.15) is 28.9 Å². The van der Waals surface area contributed by atoms with Crippen LogP contribution in [0.4, 0.5) is 0 Å². The molecule has 0 bridgehead atoms. The largest absolute Gasteiger partial charge is 0.497 e. The maximum Gasteiger partial charge on any atom is 0.276 e. The van der Waals surface area contributed by atoms with E-state index in [1.807, 2.05) is 12.1 Å². The molecule has 27 heavy (non-hydrogen) atoms. The molecule has 3 aliphatic rings. The molecule has 0 saturated carbocycles. The van der Waals surface area contributed by atoms with Gasteiger partial charge in [-0.2, -0.15) is 0 Å². The maximum absolute atomic E-state index is 13.0. The molecule has 4 heterocycles. The molecule has 142 valence electrons. The average Bonchev–Trinajstić information content (AvgIpc) is 3.35. The minimum Gasteiger partial charge on any atom is -0.497 e. The van der Waals surface area contributed by atoms with Gasteiger partial charge < -0.3 is 28.4 Å². The minimum atomic E-state index is -0.513. The van der Waals surface area contributed by atoms with Crippen LogP contribution in [0.2, 0.25) is 0 Å². The van der Waals surface area contributed by atoms with Gasteiger partial charge in [-0.05, 0) is 12.1 Å². The number of fused-ring (bicyclic) bond motifs is 3. The number of rotatable bonds is 2. The smallest absolute Gasteiger partial charge is 0.276 e. The highest BCUT2D eigenvalue weighted by atomic mass is 16.7. The predicted molar refractivity (Wildman–Crippen MR) is 92.6 cm³/mol. The first-order chi connectivity index (χ1) is 13.2. The number of amides is 1. The van der Waals surface area contributed by atoms with Crippen molar-refractivity contribution < 1.29 is 28.3 Å². The van der Waals surface area contributed by atoms with Crippen molar-refractivity contribution in [1.29, 1.82) is 0 Å². The van der Waals surface area contributed by atoms with Crippen LogP contribution in [-0.4, -0.2) is 55.2 Å². The second kappa shape index (κ2) is 6.24. The summed E-state index contributed by atoms with van der Waals surface area (Å²) in [5, 5.41) is 4.06. The second-order valence-corrected chi connectivity index (χ2v) is 6.89. The SMILES string of the molecule is COc1ccc2c(c1)OCc1c(C(=O)N3CCC4(CC3)OCCO4)noc1-2. The van der Waals surface area contributed by atoms with E-state index in [-0.39, 0.29) is 12.5 Å². The van der Waals surface area contributed by atoms with Gasteiger partial charge >= 0.3 is 0 Å². The van der Waals surface area contributed by atoms with Crippen molar-refractivity contribution in [2.45, 2.75) is 25.2 Å². The number of benzene rings is 1. The minimum absolute atomic E-state index is 0.145. The van der Waals surface area contributed by atoms with Crippen molar-refractivity contribution in [2.24, 2.45) is 0 Å². The molecule has 3 aliphatic heterocycles. The van der Waals surface area contributed by atoms with Gasteiger partial charge in [0.25, 0.3) is 5.91 Å². The van der Waals surface area contributed by atoms with Gasteiger partial charge in [-0.15, -0.1) is 0 Å². The maximum atomic E-state index is 13.0. The summed E-state index contributed by atoms with van der Waals surface area (Å²) in [7, 11) is 1.60. The fourth-order valence-electron chi connectivity index (χ4n) is 3.90. The zero-order chi connectivity index (χ0) is 18.4. The molecule has 1 aromatic carbocycles. The van der Waals surface area contributed by atoms with Crippen molar-refractivity contribution in [1.82, 2.24) is 10.1 Å². The molecule has 0 atom stereocenters.